The monoisotopic (exact) mass is 313 g/mol. The molecule has 2 aromatic rings. The third-order valence-electron chi connectivity index (χ3n) is 3.74. The van der Waals surface area contributed by atoms with Crippen LogP contribution in [0.5, 0.6) is 5.75 Å². The van der Waals surface area contributed by atoms with Crippen molar-refractivity contribution in [2.45, 2.75) is 20.5 Å². The van der Waals surface area contributed by atoms with Crippen molar-refractivity contribution in [2.75, 3.05) is 20.2 Å². The van der Waals surface area contributed by atoms with Gasteiger partial charge in [0.1, 0.15) is 12.4 Å². The summed E-state index contributed by atoms with van der Waals surface area (Å²) in [6, 6.07) is 13.0. The van der Waals surface area contributed by atoms with Gasteiger partial charge >= 0.3 is 0 Å². The molecule has 0 heterocycles. The minimum atomic E-state index is -0.0567. The molecule has 4 heteroatoms. The molecule has 0 radical (unpaired) electrons. The molecular weight excluding hydrogens is 290 g/mol. The first kappa shape index (κ1) is 17.0. The molecule has 0 aliphatic carbocycles. The fraction of sp³-hybridized carbons (Fsp3) is 0.316. The van der Waals surface area contributed by atoms with Gasteiger partial charge in [-0.25, -0.2) is 0 Å². The molecule has 1 amide bonds. The molecular formula is C19H23NO3. The van der Waals surface area contributed by atoms with Gasteiger partial charge in [0.05, 0.1) is 13.2 Å². The van der Waals surface area contributed by atoms with E-state index in [0.29, 0.717) is 18.7 Å². The lowest BCUT2D eigenvalue weighted by Crippen LogP contribution is -2.30. The molecule has 0 aliphatic heterocycles. The zero-order valence-corrected chi connectivity index (χ0v) is 13.9. The normalized spacial score (nSPS) is 10.4. The number of hydrogen-bond donors (Lipinski definition) is 1. The lowest BCUT2D eigenvalue weighted by atomic mass is 10.1. The Morgan fingerprint density at radius 1 is 1.13 bits per heavy atom. The molecule has 4 nitrogen and oxygen atoms in total. The second kappa shape index (κ2) is 7.79. The van der Waals surface area contributed by atoms with E-state index < -0.39 is 0 Å². The quantitative estimate of drug-likeness (QED) is 0.892. The first-order valence-corrected chi connectivity index (χ1v) is 7.66. The number of carbonyl (C=O) groups is 1. The number of nitrogens with zero attached hydrogens (tertiary/aromatic N) is 1. The Labute approximate surface area is 137 Å². The van der Waals surface area contributed by atoms with E-state index in [-0.39, 0.29) is 12.5 Å². The van der Waals surface area contributed by atoms with Crippen molar-refractivity contribution in [2.24, 2.45) is 0 Å². The van der Waals surface area contributed by atoms with E-state index >= 15 is 0 Å². The highest BCUT2D eigenvalue weighted by atomic mass is 16.5. The summed E-state index contributed by atoms with van der Waals surface area (Å²) in [6.07, 6.45) is 0. The number of rotatable bonds is 6. The van der Waals surface area contributed by atoms with Crippen LogP contribution < -0.4 is 4.74 Å². The number of hydrogen-bond acceptors (Lipinski definition) is 3. The maximum Gasteiger partial charge on any atom is 0.253 e. The largest absolute Gasteiger partial charge is 0.491 e. The molecule has 2 rings (SSSR count). The van der Waals surface area contributed by atoms with Crippen LogP contribution >= 0.6 is 0 Å². The van der Waals surface area contributed by atoms with E-state index in [1.807, 2.05) is 26.0 Å². The highest BCUT2D eigenvalue weighted by molar-refractivity contribution is 5.94. The van der Waals surface area contributed by atoms with E-state index in [2.05, 4.69) is 6.07 Å². The van der Waals surface area contributed by atoms with Crippen molar-refractivity contribution in [1.82, 2.24) is 4.90 Å². The Bertz CT molecular complexity index is 665. The lowest BCUT2D eigenvalue weighted by molar-refractivity contribution is 0.0773. The molecule has 0 unspecified atom stereocenters. The van der Waals surface area contributed by atoms with Crippen molar-refractivity contribution in [3.05, 3.63) is 64.7 Å². The molecule has 0 saturated heterocycles. The van der Waals surface area contributed by atoms with Gasteiger partial charge in [0.15, 0.2) is 0 Å². The van der Waals surface area contributed by atoms with E-state index in [9.17, 15) is 4.79 Å². The number of benzene rings is 2. The number of likely N-dealkylation sites (N-methyl/N-ethyl adjacent to an activating group) is 1. The highest BCUT2D eigenvalue weighted by Gasteiger charge is 2.11. The van der Waals surface area contributed by atoms with Crippen LogP contribution in [-0.4, -0.2) is 36.1 Å². The number of amides is 1. The second-order valence-corrected chi connectivity index (χ2v) is 5.70. The van der Waals surface area contributed by atoms with Crippen LogP contribution in [0.15, 0.2) is 42.5 Å². The fourth-order valence-corrected chi connectivity index (χ4v) is 2.33. The third kappa shape index (κ3) is 4.57. The van der Waals surface area contributed by atoms with Crippen LogP contribution in [0.1, 0.15) is 27.0 Å². The lowest BCUT2D eigenvalue weighted by Gasteiger charge is -2.18. The summed E-state index contributed by atoms with van der Waals surface area (Å²) in [6.45, 7) is 4.99. The van der Waals surface area contributed by atoms with Crippen LogP contribution in [0.25, 0.3) is 0 Å². The average molecular weight is 313 g/mol. The molecule has 0 fully saturated rings. The molecule has 122 valence electrons. The fourth-order valence-electron chi connectivity index (χ4n) is 2.33. The van der Waals surface area contributed by atoms with Crippen LogP contribution in [0.2, 0.25) is 0 Å². The smallest absolute Gasteiger partial charge is 0.253 e. The summed E-state index contributed by atoms with van der Waals surface area (Å²) < 4.78 is 5.76. The van der Waals surface area contributed by atoms with E-state index in [4.69, 9.17) is 9.84 Å². The second-order valence-electron chi connectivity index (χ2n) is 5.70. The van der Waals surface area contributed by atoms with Gasteiger partial charge in [-0.05, 0) is 43.2 Å². The van der Waals surface area contributed by atoms with Crippen molar-refractivity contribution in [3.63, 3.8) is 0 Å². The molecule has 0 saturated carbocycles. The number of aliphatic hydroxyl groups is 1. The maximum atomic E-state index is 12.3. The highest BCUT2D eigenvalue weighted by Crippen LogP contribution is 2.18. The molecule has 0 aromatic heterocycles. The topological polar surface area (TPSA) is 49.8 Å². The third-order valence-corrected chi connectivity index (χ3v) is 3.74. The molecule has 0 atom stereocenters. The SMILES string of the molecule is Cc1ccc(OCCN(C)C(=O)c2ccc(CO)cc2)c(C)c1. The van der Waals surface area contributed by atoms with Gasteiger partial charge in [0.2, 0.25) is 0 Å². The summed E-state index contributed by atoms with van der Waals surface area (Å²) in [4.78, 5) is 13.9. The molecule has 23 heavy (non-hydrogen) atoms. The van der Waals surface area contributed by atoms with Crippen molar-refractivity contribution < 1.29 is 14.6 Å². The summed E-state index contributed by atoms with van der Waals surface area (Å²) in [5, 5.41) is 9.03. The summed E-state index contributed by atoms with van der Waals surface area (Å²) >= 11 is 0. The predicted molar refractivity (Wildman–Crippen MR) is 90.7 cm³/mol. The van der Waals surface area contributed by atoms with Crippen molar-refractivity contribution in [1.29, 1.82) is 0 Å². The summed E-state index contributed by atoms with van der Waals surface area (Å²) in [5.41, 5.74) is 3.70. The minimum Gasteiger partial charge on any atom is -0.491 e. The molecule has 0 aliphatic rings. The van der Waals surface area contributed by atoms with E-state index in [1.165, 1.54) is 5.56 Å². The Morgan fingerprint density at radius 3 is 2.43 bits per heavy atom. The standard InChI is InChI=1S/C19H23NO3/c1-14-4-9-18(15(2)12-14)23-11-10-20(3)19(22)17-7-5-16(13-21)6-8-17/h4-9,12,21H,10-11,13H2,1-3H3. The number of carbonyl (C=O) groups excluding carboxylic acids is 1. The van der Waals surface area contributed by atoms with Crippen molar-refractivity contribution in [3.8, 4) is 5.75 Å². The zero-order valence-electron chi connectivity index (χ0n) is 13.9. The Hall–Kier alpha value is -2.33. The minimum absolute atomic E-state index is 0.0198. The summed E-state index contributed by atoms with van der Waals surface area (Å²) in [7, 11) is 1.76. The van der Waals surface area contributed by atoms with Gasteiger partial charge < -0.3 is 14.7 Å². The van der Waals surface area contributed by atoms with Gasteiger partial charge in [0, 0.05) is 12.6 Å². The predicted octanol–water partition coefficient (Wildman–Crippen LogP) is 2.95. The van der Waals surface area contributed by atoms with Crippen LogP contribution in [0.4, 0.5) is 0 Å². The van der Waals surface area contributed by atoms with Crippen LogP contribution in [0, 0.1) is 13.8 Å². The molecule has 1 N–H and O–H groups in total. The van der Waals surface area contributed by atoms with Crippen molar-refractivity contribution >= 4 is 5.91 Å². The maximum absolute atomic E-state index is 12.3. The Kier molecular flexibility index (Phi) is 5.77. The Balaban J connectivity index is 1.88. The summed E-state index contributed by atoms with van der Waals surface area (Å²) in [5.74, 6) is 0.794. The van der Waals surface area contributed by atoms with Gasteiger partial charge in [0.25, 0.3) is 5.91 Å². The molecule has 0 bridgehead atoms. The van der Waals surface area contributed by atoms with Crippen LogP contribution in [0.3, 0.4) is 0 Å². The van der Waals surface area contributed by atoms with Gasteiger partial charge in [-0.1, -0.05) is 29.8 Å². The van der Waals surface area contributed by atoms with Gasteiger partial charge in [-0.3, -0.25) is 4.79 Å². The zero-order chi connectivity index (χ0) is 16.8. The van der Waals surface area contributed by atoms with Gasteiger partial charge in [-0.15, -0.1) is 0 Å². The van der Waals surface area contributed by atoms with Crippen LogP contribution in [-0.2, 0) is 6.61 Å². The van der Waals surface area contributed by atoms with Gasteiger partial charge in [-0.2, -0.15) is 0 Å². The number of aliphatic hydroxyl groups excluding tert-OH is 1. The number of aryl methyl sites for hydroxylation is 2. The van der Waals surface area contributed by atoms with E-state index in [0.717, 1.165) is 16.9 Å². The average Bonchev–Trinajstić information content (AvgIpc) is 2.56. The molecule has 2 aromatic carbocycles. The first-order valence-electron chi connectivity index (χ1n) is 7.66. The first-order chi connectivity index (χ1) is 11.0. The van der Waals surface area contributed by atoms with E-state index in [1.54, 1.807) is 36.2 Å². The number of ether oxygens (including phenoxy) is 1. The molecule has 0 spiro atoms. The Morgan fingerprint density at radius 2 is 1.83 bits per heavy atom.